The van der Waals surface area contributed by atoms with Crippen molar-refractivity contribution in [2.45, 2.75) is 13.5 Å². The van der Waals surface area contributed by atoms with Crippen molar-refractivity contribution in [3.63, 3.8) is 0 Å². The first-order chi connectivity index (χ1) is 9.22. The maximum atomic E-state index is 8.89. The number of nitrogen functional groups attached to an aromatic ring is 1. The summed E-state index contributed by atoms with van der Waals surface area (Å²) in [5.74, 6) is 0. The first kappa shape index (κ1) is 12.9. The van der Waals surface area contributed by atoms with Crippen molar-refractivity contribution in [1.29, 1.82) is 5.26 Å². The molecule has 2 rings (SSSR count). The minimum Gasteiger partial charge on any atom is -0.399 e. The number of nitrogens with two attached hydrogens (primary N) is 1. The fraction of sp³-hybridized carbons (Fsp3) is 0.200. The third-order valence-electron chi connectivity index (χ3n) is 2.96. The summed E-state index contributed by atoms with van der Waals surface area (Å²) in [6, 6.07) is 13.6. The maximum absolute atomic E-state index is 8.89. The molecule has 0 aliphatic heterocycles. The molecule has 0 unspecified atom stereocenters. The Kier molecular flexibility index (Phi) is 3.99. The van der Waals surface area contributed by atoms with Gasteiger partial charge < -0.3 is 10.6 Å². The van der Waals surface area contributed by atoms with Gasteiger partial charge in [0.05, 0.1) is 0 Å². The minimum atomic E-state index is 0.438. The average Bonchev–Trinajstić information content (AvgIpc) is 2.46. The molecule has 2 N–H and O–H groups in total. The van der Waals surface area contributed by atoms with Gasteiger partial charge in [-0.2, -0.15) is 5.26 Å². The van der Waals surface area contributed by atoms with Crippen LogP contribution in [0.15, 0.2) is 42.6 Å². The van der Waals surface area contributed by atoms with Crippen LogP contribution < -0.4 is 10.6 Å². The van der Waals surface area contributed by atoms with Gasteiger partial charge in [-0.3, -0.25) is 0 Å². The SMILES string of the molecule is CCN(Cc1ccc(N)cc1)c1ccnc(C#N)c1. The molecule has 4 heteroatoms. The van der Waals surface area contributed by atoms with E-state index >= 15 is 0 Å². The Morgan fingerprint density at radius 3 is 2.63 bits per heavy atom. The molecule has 0 bridgehead atoms. The van der Waals surface area contributed by atoms with Gasteiger partial charge >= 0.3 is 0 Å². The summed E-state index contributed by atoms with van der Waals surface area (Å²) in [5.41, 5.74) is 9.08. The molecule has 0 amide bonds. The standard InChI is InChI=1S/C15H16N4/c1-2-19(11-12-3-5-13(17)6-4-12)15-7-8-18-14(9-15)10-16/h3-9H,2,11,17H2,1H3. The van der Waals surface area contributed by atoms with E-state index in [1.54, 1.807) is 12.3 Å². The molecule has 0 fully saturated rings. The Balaban J connectivity index is 2.20. The molecule has 0 saturated carbocycles. The fourth-order valence-electron chi connectivity index (χ4n) is 1.91. The highest BCUT2D eigenvalue weighted by Gasteiger charge is 2.06. The monoisotopic (exact) mass is 252 g/mol. The number of benzene rings is 1. The Bertz CT molecular complexity index is 584. The number of pyridine rings is 1. The van der Waals surface area contributed by atoms with Gasteiger partial charge in [0.1, 0.15) is 11.8 Å². The average molecular weight is 252 g/mol. The lowest BCUT2D eigenvalue weighted by molar-refractivity contribution is 0.830. The molecule has 96 valence electrons. The highest BCUT2D eigenvalue weighted by atomic mass is 15.1. The van der Waals surface area contributed by atoms with Crippen molar-refractivity contribution in [3.05, 3.63) is 53.9 Å². The lowest BCUT2D eigenvalue weighted by atomic mass is 10.2. The molecule has 0 spiro atoms. The van der Waals surface area contributed by atoms with Gasteiger partial charge in [0, 0.05) is 30.7 Å². The fourth-order valence-corrected chi connectivity index (χ4v) is 1.91. The van der Waals surface area contributed by atoms with Gasteiger partial charge in [0.2, 0.25) is 0 Å². The van der Waals surface area contributed by atoms with Crippen LogP contribution in [-0.2, 0) is 6.54 Å². The lowest BCUT2D eigenvalue weighted by Gasteiger charge is -2.23. The molecule has 0 radical (unpaired) electrons. The first-order valence-electron chi connectivity index (χ1n) is 6.18. The second-order valence-corrected chi connectivity index (χ2v) is 4.27. The molecule has 1 aromatic carbocycles. The minimum absolute atomic E-state index is 0.438. The van der Waals surface area contributed by atoms with E-state index in [4.69, 9.17) is 11.0 Å². The molecule has 0 aliphatic rings. The van der Waals surface area contributed by atoms with E-state index < -0.39 is 0 Å². The quantitative estimate of drug-likeness (QED) is 0.849. The Morgan fingerprint density at radius 1 is 1.26 bits per heavy atom. The third-order valence-corrected chi connectivity index (χ3v) is 2.96. The van der Waals surface area contributed by atoms with Crippen molar-refractivity contribution in [2.75, 3.05) is 17.2 Å². The number of rotatable bonds is 4. The molecule has 1 aromatic heterocycles. The Labute approximate surface area is 113 Å². The maximum Gasteiger partial charge on any atom is 0.142 e. The summed E-state index contributed by atoms with van der Waals surface area (Å²) in [6.45, 7) is 3.73. The molecule has 4 nitrogen and oxygen atoms in total. The van der Waals surface area contributed by atoms with E-state index in [0.29, 0.717) is 5.69 Å². The number of hydrogen-bond acceptors (Lipinski definition) is 4. The molecular weight excluding hydrogens is 236 g/mol. The van der Waals surface area contributed by atoms with Gasteiger partial charge in [-0.25, -0.2) is 4.98 Å². The topological polar surface area (TPSA) is 65.9 Å². The third kappa shape index (κ3) is 3.23. The van der Waals surface area contributed by atoms with Crippen LogP contribution in [0, 0.1) is 11.3 Å². The van der Waals surface area contributed by atoms with Gasteiger partial charge in [-0.1, -0.05) is 12.1 Å². The van der Waals surface area contributed by atoms with Crippen molar-refractivity contribution in [1.82, 2.24) is 4.98 Å². The number of hydrogen-bond donors (Lipinski definition) is 1. The molecule has 0 atom stereocenters. The van der Waals surface area contributed by atoms with Crippen molar-refractivity contribution >= 4 is 11.4 Å². The van der Waals surface area contributed by atoms with Crippen molar-refractivity contribution < 1.29 is 0 Å². The van der Waals surface area contributed by atoms with Gasteiger partial charge in [0.15, 0.2) is 0 Å². The number of anilines is 2. The highest BCUT2D eigenvalue weighted by Crippen LogP contribution is 2.17. The Morgan fingerprint density at radius 2 is 2.00 bits per heavy atom. The predicted octanol–water partition coefficient (Wildman–Crippen LogP) is 2.56. The van der Waals surface area contributed by atoms with Crippen LogP contribution in [0.4, 0.5) is 11.4 Å². The largest absolute Gasteiger partial charge is 0.399 e. The smallest absolute Gasteiger partial charge is 0.142 e. The van der Waals surface area contributed by atoms with Gasteiger partial charge in [-0.15, -0.1) is 0 Å². The number of nitriles is 1. The second-order valence-electron chi connectivity index (χ2n) is 4.27. The molecule has 2 aromatic rings. The number of nitrogens with zero attached hydrogens (tertiary/aromatic N) is 3. The normalized spacial score (nSPS) is 9.89. The molecule has 1 heterocycles. The van der Waals surface area contributed by atoms with Crippen LogP contribution >= 0.6 is 0 Å². The van der Waals surface area contributed by atoms with Gasteiger partial charge in [0.25, 0.3) is 0 Å². The van der Waals surface area contributed by atoms with Crippen LogP contribution in [0.3, 0.4) is 0 Å². The Hall–Kier alpha value is -2.54. The van der Waals surface area contributed by atoms with Crippen LogP contribution in [0.1, 0.15) is 18.2 Å². The van der Waals surface area contributed by atoms with E-state index in [-0.39, 0.29) is 0 Å². The zero-order valence-corrected chi connectivity index (χ0v) is 10.9. The van der Waals surface area contributed by atoms with E-state index in [2.05, 4.69) is 22.9 Å². The summed E-state index contributed by atoms with van der Waals surface area (Å²) >= 11 is 0. The molecule has 0 saturated heterocycles. The second kappa shape index (κ2) is 5.87. The van der Waals surface area contributed by atoms with Crippen LogP contribution in [0.25, 0.3) is 0 Å². The van der Waals surface area contributed by atoms with E-state index in [1.165, 1.54) is 5.56 Å². The zero-order chi connectivity index (χ0) is 13.7. The zero-order valence-electron chi connectivity index (χ0n) is 10.9. The first-order valence-corrected chi connectivity index (χ1v) is 6.18. The van der Waals surface area contributed by atoms with Gasteiger partial charge in [-0.05, 0) is 36.8 Å². The van der Waals surface area contributed by atoms with Crippen molar-refractivity contribution in [2.24, 2.45) is 0 Å². The van der Waals surface area contributed by atoms with E-state index in [9.17, 15) is 0 Å². The highest BCUT2D eigenvalue weighted by molar-refractivity contribution is 5.49. The predicted molar refractivity (Wildman–Crippen MR) is 76.5 cm³/mol. The van der Waals surface area contributed by atoms with E-state index in [0.717, 1.165) is 24.5 Å². The molecule has 19 heavy (non-hydrogen) atoms. The summed E-state index contributed by atoms with van der Waals surface area (Å²) in [5, 5.41) is 8.89. The van der Waals surface area contributed by atoms with Crippen LogP contribution in [0.5, 0.6) is 0 Å². The summed E-state index contributed by atoms with van der Waals surface area (Å²) in [6.07, 6.45) is 1.67. The summed E-state index contributed by atoms with van der Waals surface area (Å²) in [7, 11) is 0. The molecule has 0 aliphatic carbocycles. The summed E-state index contributed by atoms with van der Waals surface area (Å²) < 4.78 is 0. The van der Waals surface area contributed by atoms with E-state index in [1.807, 2.05) is 30.3 Å². The van der Waals surface area contributed by atoms with Crippen LogP contribution in [-0.4, -0.2) is 11.5 Å². The molecular formula is C15H16N4. The summed E-state index contributed by atoms with van der Waals surface area (Å²) in [4.78, 5) is 6.18. The van der Waals surface area contributed by atoms with Crippen LogP contribution in [0.2, 0.25) is 0 Å². The van der Waals surface area contributed by atoms with Crippen molar-refractivity contribution in [3.8, 4) is 6.07 Å². The number of aromatic nitrogens is 1. The lowest BCUT2D eigenvalue weighted by Crippen LogP contribution is -2.22.